The Balaban J connectivity index is 0.866. The number of amides is 4. The number of halogens is 1. The van der Waals surface area contributed by atoms with E-state index in [1.54, 1.807) is 29.3 Å². The van der Waals surface area contributed by atoms with Crippen molar-refractivity contribution in [1.82, 2.24) is 25.1 Å². The summed E-state index contributed by atoms with van der Waals surface area (Å²) < 4.78 is 20.9. The fourth-order valence-electron chi connectivity index (χ4n) is 7.55. The van der Waals surface area contributed by atoms with Gasteiger partial charge in [0.05, 0.1) is 17.7 Å². The van der Waals surface area contributed by atoms with E-state index in [9.17, 15) is 19.2 Å². The van der Waals surface area contributed by atoms with Crippen molar-refractivity contribution in [3.05, 3.63) is 113 Å². The van der Waals surface area contributed by atoms with E-state index >= 15 is 4.39 Å². The molecule has 3 aromatic carbocycles. The van der Waals surface area contributed by atoms with Gasteiger partial charge in [0.25, 0.3) is 11.8 Å². The minimum atomic E-state index is -0.697. The largest absolute Gasteiger partial charge is 0.493 e. The normalized spacial score (nSPS) is 18.9. The number of fused-ring (bicyclic) bond motifs is 2. The van der Waals surface area contributed by atoms with Gasteiger partial charge in [-0.2, -0.15) is 0 Å². The Labute approximate surface area is 299 Å². The van der Waals surface area contributed by atoms with Crippen LogP contribution < -0.4 is 15.4 Å². The number of hydrogen-bond acceptors (Lipinski definition) is 7. The van der Waals surface area contributed by atoms with Crippen molar-refractivity contribution in [3.63, 3.8) is 0 Å². The van der Waals surface area contributed by atoms with Crippen molar-refractivity contribution < 1.29 is 28.3 Å². The molecule has 12 heteroatoms. The van der Waals surface area contributed by atoms with Gasteiger partial charge in [0.1, 0.15) is 23.4 Å². The molecule has 2 aromatic heterocycles. The van der Waals surface area contributed by atoms with Gasteiger partial charge in [0.15, 0.2) is 0 Å². The van der Waals surface area contributed by atoms with Gasteiger partial charge < -0.3 is 19.9 Å². The topological polar surface area (TPSA) is 137 Å². The first-order chi connectivity index (χ1) is 25.2. The van der Waals surface area contributed by atoms with Crippen LogP contribution in [0, 0.1) is 5.82 Å². The lowest BCUT2D eigenvalue weighted by molar-refractivity contribution is -0.136. The summed E-state index contributed by atoms with van der Waals surface area (Å²) in [5, 5.41) is 6.00. The van der Waals surface area contributed by atoms with Gasteiger partial charge in [-0.25, -0.2) is 9.37 Å². The van der Waals surface area contributed by atoms with Crippen molar-refractivity contribution in [2.45, 2.75) is 50.7 Å². The number of carbonyl (C=O) groups excluding carboxylic acids is 4. The predicted molar refractivity (Wildman–Crippen MR) is 192 cm³/mol. The monoisotopic (exact) mass is 700 g/mol. The van der Waals surface area contributed by atoms with Gasteiger partial charge in [-0.1, -0.05) is 36.4 Å². The standard InChI is InChI=1S/C40H37FN6O5/c1-46-16-3-6-34(46)33-18-25-21-42-36(20-32(25)43-33)44-38(49)29-12-11-26(19-31(29)41)52-17-15-23-7-9-24(10-8-23)27-4-2-5-28-30(27)22-47(40(28)51)35-13-14-37(48)45-39(35)50/h2,4-5,7-12,18-21,34-35,43H,3,6,13-17,22H2,1H3,(H,42,44,49)(H,45,48,50)/t34-,35?/m1/s1. The maximum absolute atomic E-state index is 15.1. The number of nitrogens with zero attached hydrogens (tertiary/aromatic N) is 3. The molecule has 4 amide bonds. The van der Waals surface area contributed by atoms with Crippen molar-refractivity contribution in [2.75, 3.05) is 25.5 Å². The summed E-state index contributed by atoms with van der Waals surface area (Å²) in [6.45, 7) is 1.64. The predicted octanol–water partition coefficient (Wildman–Crippen LogP) is 5.77. The quantitative estimate of drug-likeness (QED) is 0.166. The number of pyridine rings is 1. The third kappa shape index (κ3) is 6.41. The smallest absolute Gasteiger partial charge is 0.259 e. The molecule has 3 aliphatic heterocycles. The van der Waals surface area contributed by atoms with Crippen LogP contribution in [0.2, 0.25) is 0 Å². The average molecular weight is 701 g/mol. The Kier molecular flexibility index (Phi) is 8.76. The Morgan fingerprint density at radius 2 is 1.83 bits per heavy atom. The fourth-order valence-corrected chi connectivity index (χ4v) is 7.55. The number of H-pyrrole nitrogens is 1. The number of carbonyl (C=O) groups is 4. The number of aromatic nitrogens is 2. The molecule has 5 aromatic rings. The molecular weight excluding hydrogens is 663 g/mol. The molecule has 5 heterocycles. The summed E-state index contributed by atoms with van der Waals surface area (Å²) in [4.78, 5) is 62.0. The lowest BCUT2D eigenvalue weighted by Gasteiger charge is -2.29. The third-order valence-electron chi connectivity index (χ3n) is 10.3. The summed E-state index contributed by atoms with van der Waals surface area (Å²) in [6, 6.07) is 21.2. The third-order valence-corrected chi connectivity index (χ3v) is 10.3. The number of aromatic amines is 1. The Morgan fingerprint density at radius 3 is 2.60 bits per heavy atom. The van der Waals surface area contributed by atoms with E-state index in [0.29, 0.717) is 49.2 Å². The van der Waals surface area contributed by atoms with Crippen molar-refractivity contribution in [1.29, 1.82) is 0 Å². The highest BCUT2D eigenvalue weighted by molar-refractivity contribution is 6.06. The molecule has 0 aliphatic carbocycles. The van der Waals surface area contributed by atoms with Crippen LogP contribution in [0.5, 0.6) is 5.75 Å². The molecule has 2 atom stereocenters. The van der Waals surface area contributed by atoms with Crippen LogP contribution in [-0.2, 0) is 22.6 Å². The summed E-state index contributed by atoms with van der Waals surface area (Å²) >= 11 is 0. The van der Waals surface area contributed by atoms with Gasteiger partial charge in [-0.15, -0.1) is 0 Å². The average Bonchev–Trinajstić information content (AvgIpc) is 3.85. The van der Waals surface area contributed by atoms with E-state index in [0.717, 1.165) is 58.2 Å². The van der Waals surface area contributed by atoms with Gasteiger partial charge in [-0.05, 0) is 79.4 Å². The molecule has 3 N–H and O–H groups in total. The highest BCUT2D eigenvalue weighted by Gasteiger charge is 2.40. The molecule has 0 saturated carbocycles. The highest BCUT2D eigenvalue weighted by atomic mass is 19.1. The number of imide groups is 1. The molecule has 8 rings (SSSR count). The summed E-state index contributed by atoms with van der Waals surface area (Å²) in [7, 11) is 2.11. The zero-order valence-electron chi connectivity index (χ0n) is 28.6. The van der Waals surface area contributed by atoms with Crippen LogP contribution in [0.1, 0.15) is 69.3 Å². The summed E-state index contributed by atoms with van der Waals surface area (Å²) in [5.74, 6) is -1.62. The number of hydrogen-bond donors (Lipinski definition) is 3. The van der Waals surface area contributed by atoms with E-state index < -0.39 is 23.7 Å². The van der Waals surface area contributed by atoms with E-state index in [1.807, 2.05) is 36.4 Å². The van der Waals surface area contributed by atoms with Gasteiger partial charge >= 0.3 is 0 Å². The molecule has 0 bridgehead atoms. The van der Waals surface area contributed by atoms with E-state index in [4.69, 9.17) is 4.74 Å². The maximum atomic E-state index is 15.1. The minimum Gasteiger partial charge on any atom is -0.493 e. The van der Waals surface area contributed by atoms with Crippen molar-refractivity contribution in [2.24, 2.45) is 0 Å². The maximum Gasteiger partial charge on any atom is 0.259 e. The second-order valence-corrected chi connectivity index (χ2v) is 13.6. The molecule has 264 valence electrons. The number of rotatable bonds is 9. The molecule has 3 aliphatic rings. The van der Waals surface area contributed by atoms with E-state index in [-0.39, 0.29) is 23.8 Å². The van der Waals surface area contributed by atoms with Crippen LogP contribution in [0.15, 0.2) is 79.0 Å². The van der Waals surface area contributed by atoms with Gasteiger partial charge in [0.2, 0.25) is 11.8 Å². The fraction of sp³-hybridized carbons (Fsp3) is 0.275. The molecule has 0 spiro atoms. The molecular formula is C40H37FN6O5. The number of anilines is 1. The summed E-state index contributed by atoms with van der Waals surface area (Å²) in [5.41, 5.74) is 6.12. The van der Waals surface area contributed by atoms with Crippen LogP contribution in [0.25, 0.3) is 22.0 Å². The molecule has 52 heavy (non-hydrogen) atoms. The number of nitrogens with one attached hydrogen (secondary N) is 3. The molecule has 1 unspecified atom stereocenters. The summed E-state index contributed by atoms with van der Waals surface area (Å²) in [6.07, 6.45) is 5.02. The number of likely N-dealkylation sites (tertiary alicyclic amines) is 1. The number of ether oxygens (including phenoxy) is 1. The van der Waals surface area contributed by atoms with Crippen molar-refractivity contribution >= 4 is 40.3 Å². The Bertz CT molecular complexity index is 2230. The molecule has 11 nitrogen and oxygen atoms in total. The van der Waals surface area contributed by atoms with Gasteiger partial charge in [0, 0.05) is 60.4 Å². The zero-order chi connectivity index (χ0) is 35.9. The zero-order valence-corrected chi connectivity index (χ0v) is 28.6. The Morgan fingerprint density at radius 1 is 1.00 bits per heavy atom. The first kappa shape index (κ1) is 33.3. The molecule has 2 fully saturated rings. The first-order valence-electron chi connectivity index (χ1n) is 17.5. The SMILES string of the molecule is CN1CCC[C@@H]1c1cc2cnc(NC(=O)c3ccc(OCCc4ccc(-c5cccc6c5CN(C5CCC(=O)NC5=O)C6=O)cc4)cc3F)cc2[nH]1. The lowest BCUT2D eigenvalue weighted by Crippen LogP contribution is -2.52. The van der Waals surface area contributed by atoms with Gasteiger partial charge in [-0.3, -0.25) is 29.4 Å². The van der Waals surface area contributed by atoms with E-state index in [2.05, 4.69) is 38.6 Å². The Hall–Kier alpha value is -5.88. The van der Waals surface area contributed by atoms with Crippen LogP contribution in [-0.4, -0.2) is 69.6 Å². The number of piperidine rings is 1. The second-order valence-electron chi connectivity index (χ2n) is 13.6. The van der Waals surface area contributed by atoms with Crippen LogP contribution in [0.4, 0.5) is 10.2 Å². The number of benzene rings is 3. The van der Waals surface area contributed by atoms with E-state index in [1.165, 1.54) is 12.1 Å². The first-order valence-corrected chi connectivity index (χ1v) is 17.5. The van der Waals surface area contributed by atoms with Crippen LogP contribution in [0.3, 0.4) is 0 Å². The van der Waals surface area contributed by atoms with Crippen molar-refractivity contribution in [3.8, 4) is 16.9 Å². The van der Waals surface area contributed by atoms with Crippen LogP contribution >= 0.6 is 0 Å². The highest BCUT2D eigenvalue weighted by Crippen LogP contribution is 2.35. The molecule has 0 radical (unpaired) electrons. The molecule has 2 saturated heterocycles. The minimum absolute atomic E-state index is 0.112. The second kappa shape index (κ2) is 13.7. The lowest BCUT2D eigenvalue weighted by atomic mass is 9.96.